The number of aryl methyl sites for hydroxylation is 1. The van der Waals surface area contributed by atoms with Crippen LogP contribution in [0, 0.1) is 6.92 Å². The molecule has 0 fully saturated rings. The van der Waals surface area contributed by atoms with Crippen LogP contribution in [0.3, 0.4) is 0 Å². The molecule has 2 rings (SSSR count). The summed E-state index contributed by atoms with van der Waals surface area (Å²) in [4.78, 5) is 0. The highest BCUT2D eigenvalue weighted by molar-refractivity contribution is 5.37. The van der Waals surface area contributed by atoms with Gasteiger partial charge in [0.15, 0.2) is 0 Å². The second-order valence-corrected chi connectivity index (χ2v) is 4.98. The molecule has 0 radical (unpaired) electrons. The van der Waals surface area contributed by atoms with E-state index in [1.165, 1.54) is 36.0 Å². The highest BCUT2D eigenvalue weighted by Crippen LogP contribution is 2.39. The van der Waals surface area contributed by atoms with Gasteiger partial charge in [0.25, 0.3) is 0 Å². The zero-order valence-electron chi connectivity index (χ0n) is 10.0. The van der Waals surface area contributed by atoms with E-state index >= 15 is 0 Å². The lowest BCUT2D eigenvalue weighted by Gasteiger charge is -2.34. The van der Waals surface area contributed by atoms with Crippen molar-refractivity contribution in [3.8, 4) is 0 Å². The Morgan fingerprint density at radius 1 is 1.07 bits per heavy atom. The molecular weight excluding hydrogens is 180 g/mol. The van der Waals surface area contributed by atoms with Gasteiger partial charge in [0.05, 0.1) is 0 Å². The van der Waals surface area contributed by atoms with Crippen LogP contribution in [0.15, 0.2) is 35.9 Å². The molecule has 0 aliphatic heterocycles. The number of rotatable bonds is 1. The third-order valence-corrected chi connectivity index (χ3v) is 3.89. The van der Waals surface area contributed by atoms with Gasteiger partial charge in [-0.05, 0) is 38.7 Å². The summed E-state index contributed by atoms with van der Waals surface area (Å²) in [7, 11) is 0. The van der Waals surface area contributed by atoms with Gasteiger partial charge in [-0.3, -0.25) is 0 Å². The minimum absolute atomic E-state index is 0.284. The molecule has 0 amide bonds. The third-order valence-electron chi connectivity index (χ3n) is 3.89. The third kappa shape index (κ3) is 1.86. The van der Waals surface area contributed by atoms with Crippen LogP contribution >= 0.6 is 0 Å². The number of allylic oxidation sites excluding steroid dienone is 2. The van der Waals surface area contributed by atoms with Crippen molar-refractivity contribution in [3.05, 3.63) is 47.0 Å². The fraction of sp³-hybridized carbons (Fsp3) is 0.467. The Hall–Kier alpha value is -1.04. The van der Waals surface area contributed by atoms with Crippen molar-refractivity contribution in [2.45, 2.75) is 45.4 Å². The largest absolute Gasteiger partial charge is 0.0847 e. The molecule has 0 spiro atoms. The van der Waals surface area contributed by atoms with E-state index in [9.17, 15) is 0 Å². The standard InChI is InChI=1S/C15H20/c1-12-7-9-14(10-8-12)15(3)11-5-4-6-13(15)2/h6-10H,4-5,11H2,1-3H3/t15-/m1/s1. The summed E-state index contributed by atoms with van der Waals surface area (Å²) < 4.78 is 0. The summed E-state index contributed by atoms with van der Waals surface area (Å²) in [5.41, 5.74) is 4.64. The monoisotopic (exact) mass is 200 g/mol. The van der Waals surface area contributed by atoms with Crippen LogP contribution in [0.4, 0.5) is 0 Å². The molecule has 0 nitrogen and oxygen atoms in total. The molecule has 0 saturated heterocycles. The van der Waals surface area contributed by atoms with Gasteiger partial charge < -0.3 is 0 Å². The molecule has 1 aliphatic rings. The molecule has 1 aromatic rings. The number of hydrogen-bond donors (Lipinski definition) is 0. The summed E-state index contributed by atoms with van der Waals surface area (Å²) in [6, 6.07) is 9.03. The van der Waals surface area contributed by atoms with Crippen molar-refractivity contribution in [2.75, 3.05) is 0 Å². The SMILES string of the molecule is CC1=CCCC[C@@]1(C)c1ccc(C)cc1. The summed E-state index contributed by atoms with van der Waals surface area (Å²) in [5.74, 6) is 0. The van der Waals surface area contributed by atoms with E-state index in [2.05, 4.69) is 51.1 Å². The zero-order valence-corrected chi connectivity index (χ0v) is 10.0. The van der Waals surface area contributed by atoms with Crippen LogP contribution in [0.1, 0.15) is 44.2 Å². The summed E-state index contributed by atoms with van der Waals surface area (Å²) in [6.07, 6.45) is 6.27. The van der Waals surface area contributed by atoms with Gasteiger partial charge in [0.2, 0.25) is 0 Å². The van der Waals surface area contributed by atoms with Crippen molar-refractivity contribution in [2.24, 2.45) is 0 Å². The first-order chi connectivity index (χ1) is 7.13. The molecule has 15 heavy (non-hydrogen) atoms. The van der Waals surface area contributed by atoms with E-state index < -0.39 is 0 Å². The first-order valence-corrected chi connectivity index (χ1v) is 5.87. The van der Waals surface area contributed by atoms with Gasteiger partial charge in [-0.2, -0.15) is 0 Å². The Labute approximate surface area is 93.0 Å². The lowest BCUT2D eigenvalue weighted by molar-refractivity contribution is 0.465. The van der Waals surface area contributed by atoms with E-state index in [1.807, 2.05) is 0 Å². The predicted octanol–water partition coefficient (Wildman–Crippen LogP) is 4.38. The molecule has 0 heterocycles. The van der Waals surface area contributed by atoms with E-state index in [4.69, 9.17) is 0 Å². The predicted molar refractivity (Wildman–Crippen MR) is 66.1 cm³/mol. The Bertz CT molecular complexity index is 370. The van der Waals surface area contributed by atoms with E-state index in [1.54, 1.807) is 0 Å². The molecule has 80 valence electrons. The molecule has 1 atom stereocenters. The van der Waals surface area contributed by atoms with E-state index in [0.717, 1.165) is 0 Å². The molecule has 0 N–H and O–H groups in total. The normalized spacial score (nSPS) is 26.2. The smallest absolute Gasteiger partial charge is 0.0131 e. The molecule has 0 heteroatoms. The average molecular weight is 200 g/mol. The van der Waals surface area contributed by atoms with Gasteiger partial charge in [0, 0.05) is 5.41 Å². The van der Waals surface area contributed by atoms with Gasteiger partial charge in [-0.15, -0.1) is 0 Å². The highest BCUT2D eigenvalue weighted by atomic mass is 14.3. The quantitative estimate of drug-likeness (QED) is 0.590. The zero-order chi connectivity index (χ0) is 10.9. The van der Waals surface area contributed by atoms with Crippen LogP contribution in [0.5, 0.6) is 0 Å². The minimum atomic E-state index is 0.284. The lowest BCUT2D eigenvalue weighted by atomic mass is 9.70. The van der Waals surface area contributed by atoms with Crippen LogP contribution in [-0.4, -0.2) is 0 Å². The van der Waals surface area contributed by atoms with E-state index in [0.29, 0.717) is 0 Å². The maximum absolute atomic E-state index is 2.41. The van der Waals surface area contributed by atoms with Crippen LogP contribution in [0.2, 0.25) is 0 Å². The van der Waals surface area contributed by atoms with Crippen LogP contribution < -0.4 is 0 Å². The second kappa shape index (κ2) is 3.84. The highest BCUT2D eigenvalue weighted by Gasteiger charge is 2.29. The molecule has 0 unspecified atom stereocenters. The van der Waals surface area contributed by atoms with E-state index in [-0.39, 0.29) is 5.41 Å². The van der Waals surface area contributed by atoms with Crippen molar-refractivity contribution in [1.82, 2.24) is 0 Å². The maximum atomic E-state index is 2.41. The van der Waals surface area contributed by atoms with Gasteiger partial charge in [-0.1, -0.05) is 48.4 Å². The number of benzene rings is 1. The number of hydrogen-bond acceptors (Lipinski definition) is 0. The molecular formula is C15H20. The molecule has 0 saturated carbocycles. The van der Waals surface area contributed by atoms with Crippen molar-refractivity contribution in [3.63, 3.8) is 0 Å². The first-order valence-electron chi connectivity index (χ1n) is 5.87. The Balaban J connectivity index is 2.40. The fourth-order valence-electron chi connectivity index (χ4n) is 2.49. The van der Waals surface area contributed by atoms with Crippen LogP contribution in [-0.2, 0) is 5.41 Å². The summed E-state index contributed by atoms with van der Waals surface area (Å²) >= 11 is 0. The average Bonchev–Trinajstić information content (AvgIpc) is 2.23. The maximum Gasteiger partial charge on any atom is 0.0131 e. The summed E-state index contributed by atoms with van der Waals surface area (Å²) in [6.45, 7) is 6.80. The topological polar surface area (TPSA) is 0 Å². The van der Waals surface area contributed by atoms with Crippen molar-refractivity contribution in [1.29, 1.82) is 0 Å². The second-order valence-electron chi connectivity index (χ2n) is 4.98. The van der Waals surface area contributed by atoms with Gasteiger partial charge in [-0.25, -0.2) is 0 Å². The Morgan fingerprint density at radius 2 is 1.73 bits per heavy atom. The fourth-order valence-corrected chi connectivity index (χ4v) is 2.49. The Kier molecular flexibility index (Phi) is 2.68. The van der Waals surface area contributed by atoms with Gasteiger partial charge >= 0.3 is 0 Å². The molecule has 0 bridgehead atoms. The summed E-state index contributed by atoms with van der Waals surface area (Å²) in [5, 5.41) is 0. The van der Waals surface area contributed by atoms with Crippen molar-refractivity contribution < 1.29 is 0 Å². The van der Waals surface area contributed by atoms with Gasteiger partial charge in [0.1, 0.15) is 0 Å². The molecule has 0 aromatic heterocycles. The van der Waals surface area contributed by atoms with Crippen molar-refractivity contribution >= 4 is 0 Å². The minimum Gasteiger partial charge on any atom is -0.0847 e. The lowest BCUT2D eigenvalue weighted by Crippen LogP contribution is -2.25. The first kappa shape index (κ1) is 10.5. The molecule has 1 aromatic carbocycles. The molecule has 1 aliphatic carbocycles. The van der Waals surface area contributed by atoms with Crippen LogP contribution in [0.25, 0.3) is 0 Å². The Morgan fingerprint density at radius 3 is 2.33 bits per heavy atom.